The summed E-state index contributed by atoms with van der Waals surface area (Å²) in [6.45, 7) is 0.603. The number of methoxy groups -OCH3 is 1. The SMILES string of the molecule is COc1ccc(Cl)cc1C(=O)NCCNC(=O)/C=C/c1ccccc1. The van der Waals surface area contributed by atoms with Gasteiger partial charge in [0, 0.05) is 24.2 Å². The minimum Gasteiger partial charge on any atom is -0.496 e. The zero-order valence-corrected chi connectivity index (χ0v) is 14.5. The first-order valence-electron chi connectivity index (χ1n) is 7.73. The second-order valence-corrected chi connectivity index (χ2v) is 5.57. The number of nitrogens with one attached hydrogen (secondary N) is 2. The van der Waals surface area contributed by atoms with E-state index < -0.39 is 0 Å². The fourth-order valence-corrected chi connectivity index (χ4v) is 2.28. The van der Waals surface area contributed by atoms with Gasteiger partial charge in [-0.3, -0.25) is 9.59 Å². The summed E-state index contributed by atoms with van der Waals surface area (Å²) in [5.41, 5.74) is 1.30. The van der Waals surface area contributed by atoms with E-state index in [2.05, 4.69) is 10.6 Å². The first-order valence-corrected chi connectivity index (χ1v) is 8.10. The minimum atomic E-state index is -0.312. The number of benzene rings is 2. The van der Waals surface area contributed by atoms with Gasteiger partial charge in [-0.1, -0.05) is 41.9 Å². The third-order valence-electron chi connectivity index (χ3n) is 3.34. The maximum absolute atomic E-state index is 12.2. The molecule has 0 radical (unpaired) electrons. The molecule has 0 fully saturated rings. The van der Waals surface area contributed by atoms with Crippen LogP contribution < -0.4 is 15.4 Å². The molecule has 2 aromatic rings. The Morgan fingerprint density at radius 1 is 1.08 bits per heavy atom. The number of amides is 2. The predicted octanol–water partition coefficient (Wildman–Crippen LogP) is 2.91. The molecule has 0 aliphatic carbocycles. The molecule has 0 saturated heterocycles. The fraction of sp³-hybridized carbons (Fsp3) is 0.158. The molecule has 0 saturated carbocycles. The van der Waals surface area contributed by atoms with Crippen LogP contribution in [-0.2, 0) is 4.79 Å². The van der Waals surface area contributed by atoms with Crippen LogP contribution in [0.3, 0.4) is 0 Å². The third kappa shape index (κ3) is 5.97. The van der Waals surface area contributed by atoms with Crippen molar-refractivity contribution in [1.82, 2.24) is 10.6 Å². The largest absolute Gasteiger partial charge is 0.496 e. The van der Waals surface area contributed by atoms with Gasteiger partial charge in [-0.25, -0.2) is 0 Å². The van der Waals surface area contributed by atoms with Crippen molar-refractivity contribution in [2.45, 2.75) is 0 Å². The Morgan fingerprint density at radius 2 is 1.80 bits per heavy atom. The number of carbonyl (C=O) groups is 2. The standard InChI is InChI=1S/C19H19ClN2O3/c1-25-17-9-8-15(20)13-16(17)19(24)22-12-11-21-18(23)10-7-14-5-3-2-4-6-14/h2-10,13H,11-12H2,1H3,(H,21,23)(H,22,24)/b10-7+. The summed E-state index contributed by atoms with van der Waals surface area (Å²) in [6, 6.07) is 14.3. The smallest absolute Gasteiger partial charge is 0.255 e. The van der Waals surface area contributed by atoms with E-state index in [-0.39, 0.29) is 11.8 Å². The molecule has 2 N–H and O–H groups in total. The Morgan fingerprint density at radius 3 is 2.52 bits per heavy atom. The Balaban J connectivity index is 1.77. The molecule has 2 amide bonds. The lowest BCUT2D eigenvalue weighted by Gasteiger charge is -2.10. The number of halogens is 1. The molecule has 5 nitrogen and oxygen atoms in total. The Bertz CT molecular complexity index is 761. The minimum absolute atomic E-state index is 0.224. The topological polar surface area (TPSA) is 67.4 Å². The Hall–Kier alpha value is -2.79. The zero-order chi connectivity index (χ0) is 18.1. The second kappa shape index (κ2) is 9.49. The van der Waals surface area contributed by atoms with Gasteiger partial charge in [-0.15, -0.1) is 0 Å². The fourth-order valence-electron chi connectivity index (χ4n) is 2.11. The van der Waals surface area contributed by atoms with Gasteiger partial charge in [0.2, 0.25) is 5.91 Å². The van der Waals surface area contributed by atoms with Crippen molar-refractivity contribution in [1.29, 1.82) is 0 Å². The average molecular weight is 359 g/mol. The van der Waals surface area contributed by atoms with Crippen LogP contribution in [0.25, 0.3) is 6.08 Å². The van der Waals surface area contributed by atoms with Gasteiger partial charge in [0.05, 0.1) is 12.7 Å². The maximum atomic E-state index is 12.2. The predicted molar refractivity (Wildman–Crippen MR) is 98.8 cm³/mol. The monoisotopic (exact) mass is 358 g/mol. The Labute approximate surface area is 151 Å². The highest BCUT2D eigenvalue weighted by atomic mass is 35.5. The Kier molecular flexibility index (Phi) is 7.04. The lowest BCUT2D eigenvalue weighted by molar-refractivity contribution is -0.116. The highest BCUT2D eigenvalue weighted by molar-refractivity contribution is 6.31. The molecule has 130 valence electrons. The molecule has 0 unspecified atom stereocenters. The molecule has 0 aliphatic heterocycles. The quantitative estimate of drug-likeness (QED) is 0.590. The number of rotatable bonds is 7. The summed E-state index contributed by atoms with van der Waals surface area (Å²) in [5, 5.41) is 5.86. The maximum Gasteiger partial charge on any atom is 0.255 e. The van der Waals surface area contributed by atoms with Crippen molar-refractivity contribution in [2.75, 3.05) is 20.2 Å². The molecule has 0 atom stereocenters. The molecular weight excluding hydrogens is 340 g/mol. The molecule has 0 spiro atoms. The zero-order valence-electron chi connectivity index (χ0n) is 13.8. The van der Waals surface area contributed by atoms with Crippen LogP contribution in [0, 0.1) is 0 Å². The van der Waals surface area contributed by atoms with Crippen LogP contribution in [0.1, 0.15) is 15.9 Å². The van der Waals surface area contributed by atoms with E-state index in [1.807, 2.05) is 30.3 Å². The van der Waals surface area contributed by atoms with Crippen LogP contribution in [0.5, 0.6) is 5.75 Å². The van der Waals surface area contributed by atoms with E-state index >= 15 is 0 Å². The van der Waals surface area contributed by atoms with Crippen molar-refractivity contribution >= 4 is 29.5 Å². The van der Waals surface area contributed by atoms with E-state index in [1.165, 1.54) is 19.3 Å². The van der Waals surface area contributed by atoms with Gasteiger partial charge < -0.3 is 15.4 Å². The highest BCUT2D eigenvalue weighted by Crippen LogP contribution is 2.22. The van der Waals surface area contributed by atoms with Crippen molar-refractivity contribution < 1.29 is 14.3 Å². The molecule has 6 heteroatoms. The van der Waals surface area contributed by atoms with E-state index in [4.69, 9.17) is 16.3 Å². The summed E-state index contributed by atoms with van der Waals surface area (Å²) >= 11 is 5.91. The van der Waals surface area contributed by atoms with Gasteiger partial charge in [-0.2, -0.15) is 0 Å². The van der Waals surface area contributed by atoms with Crippen LogP contribution in [0.4, 0.5) is 0 Å². The molecule has 0 bridgehead atoms. The van der Waals surface area contributed by atoms with Crippen LogP contribution in [-0.4, -0.2) is 32.0 Å². The highest BCUT2D eigenvalue weighted by Gasteiger charge is 2.12. The molecule has 0 heterocycles. The summed E-state index contributed by atoms with van der Waals surface area (Å²) < 4.78 is 5.14. The van der Waals surface area contributed by atoms with Crippen molar-refractivity contribution in [3.05, 3.63) is 70.8 Å². The first-order chi connectivity index (χ1) is 12.1. The molecule has 2 rings (SSSR count). The summed E-state index contributed by atoms with van der Waals surface area (Å²) in [4.78, 5) is 23.9. The lowest BCUT2D eigenvalue weighted by atomic mass is 10.2. The number of carbonyl (C=O) groups excluding carboxylic acids is 2. The molecular formula is C19H19ClN2O3. The second-order valence-electron chi connectivity index (χ2n) is 5.14. The van der Waals surface area contributed by atoms with Crippen molar-refractivity contribution in [3.63, 3.8) is 0 Å². The van der Waals surface area contributed by atoms with Gasteiger partial charge in [0.15, 0.2) is 0 Å². The van der Waals surface area contributed by atoms with Crippen LogP contribution in [0.2, 0.25) is 5.02 Å². The van der Waals surface area contributed by atoms with Gasteiger partial charge >= 0.3 is 0 Å². The third-order valence-corrected chi connectivity index (χ3v) is 3.58. The normalized spacial score (nSPS) is 10.5. The average Bonchev–Trinajstić information content (AvgIpc) is 2.64. The summed E-state index contributed by atoms with van der Waals surface area (Å²) in [7, 11) is 1.49. The van der Waals surface area contributed by atoms with E-state index in [0.29, 0.717) is 29.4 Å². The number of ether oxygens (including phenoxy) is 1. The number of hydrogen-bond donors (Lipinski definition) is 2. The van der Waals surface area contributed by atoms with Gasteiger partial charge in [-0.05, 0) is 29.8 Å². The van der Waals surface area contributed by atoms with E-state index in [0.717, 1.165) is 5.56 Å². The van der Waals surface area contributed by atoms with E-state index in [1.54, 1.807) is 18.2 Å². The van der Waals surface area contributed by atoms with Crippen molar-refractivity contribution in [3.8, 4) is 5.75 Å². The van der Waals surface area contributed by atoms with Crippen LogP contribution >= 0.6 is 11.6 Å². The number of hydrogen-bond acceptors (Lipinski definition) is 3. The molecule has 0 aliphatic rings. The molecule has 0 aromatic heterocycles. The van der Waals surface area contributed by atoms with Gasteiger partial charge in [0.25, 0.3) is 5.91 Å². The van der Waals surface area contributed by atoms with Crippen molar-refractivity contribution in [2.24, 2.45) is 0 Å². The first kappa shape index (κ1) is 18.5. The molecule has 25 heavy (non-hydrogen) atoms. The molecule has 2 aromatic carbocycles. The van der Waals surface area contributed by atoms with Crippen LogP contribution in [0.15, 0.2) is 54.6 Å². The summed E-state index contributed by atoms with van der Waals surface area (Å²) in [5.74, 6) is -0.0939. The summed E-state index contributed by atoms with van der Waals surface area (Å²) in [6.07, 6.45) is 3.18. The van der Waals surface area contributed by atoms with Gasteiger partial charge in [0.1, 0.15) is 5.75 Å². The van der Waals surface area contributed by atoms with E-state index in [9.17, 15) is 9.59 Å². The lowest BCUT2D eigenvalue weighted by Crippen LogP contribution is -2.34.